The van der Waals surface area contributed by atoms with Crippen LogP contribution >= 0.6 is 11.6 Å². The number of anilines is 1. The maximum atomic E-state index is 11.9. The second-order valence-corrected chi connectivity index (χ2v) is 6.11. The van der Waals surface area contributed by atoms with Gasteiger partial charge in [-0.25, -0.2) is 0 Å². The van der Waals surface area contributed by atoms with Crippen LogP contribution in [-0.2, 0) is 0 Å². The van der Waals surface area contributed by atoms with E-state index in [0.717, 1.165) is 22.1 Å². The molecule has 0 saturated carbocycles. The molecule has 0 saturated heterocycles. The molecule has 0 atom stereocenters. The normalized spacial score (nSPS) is 11.1. The predicted molar refractivity (Wildman–Crippen MR) is 98.7 cm³/mol. The van der Waals surface area contributed by atoms with Gasteiger partial charge in [-0.2, -0.15) is 0 Å². The van der Waals surface area contributed by atoms with Gasteiger partial charge in [-0.05, 0) is 47.5 Å². The Morgan fingerprint density at radius 3 is 2.60 bits per heavy atom. The van der Waals surface area contributed by atoms with Crippen molar-refractivity contribution in [3.05, 3.63) is 71.6 Å². The SMILES string of the molecule is N=c1ccc2c(-c3ccccc3C(=O)Cl)c3ccc(N)cc3oc-2c1. The highest BCUT2D eigenvalue weighted by Crippen LogP contribution is 2.41. The van der Waals surface area contributed by atoms with Crippen molar-refractivity contribution >= 4 is 33.5 Å². The van der Waals surface area contributed by atoms with Crippen LogP contribution in [0.15, 0.2) is 65.1 Å². The van der Waals surface area contributed by atoms with Gasteiger partial charge in [0.25, 0.3) is 5.24 Å². The molecule has 0 aromatic heterocycles. The van der Waals surface area contributed by atoms with Gasteiger partial charge in [0.1, 0.15) is 11.3 Å². The van der Waals surface area contributed by atoms with Crippen LogP contribution < -0.4 is 11.1 Å². The lowest BCUT2D eigenvalue weighted by atomic mass is 9.91. The van der Waals surface area contributed by atoms with Gasteiger partial charge in [0.2, 0.25) is 0 Å². The Morgan fingerprint density at radius 2 is 1.80 bits per heavy atom. The van der Waals surface area contributed by atoms with Crippen LogP contribution in [0.25, 0.3) is 33.4 Å². The summed E-state index contributed by atoms with van der Waals surface area (Å²) in [6.07, 6.45) is 0. The number of nitrogens with one attached hydrogen (secondary N) is 1. The van der Waals surface area contributed by atoms with Gasteiger partial charge in [0, 0.05) is 39.9 Å². The van der Waals surface area contributed by atoms with Gasteiger partial charge in [-0.15, -0.1) is 0 Å². The standard InChI is InChI=1S/C20H13ClN2O2/c21-20(24)14-4-2-1-3-13(14)19-15-7-5-11(22)9-17(15)25-18-10-12(23)6-8-16(18)19/h1-10,22H,23H2. The van der Waals surface area contributed by atoms with Gasteiger partial charge in [-0.3, -0.25) is 4.79 Å². The zero-order valence-corrected chi connectivity index (χ0v) is 13.8. The number of carbonyl (C=O) groups excluding carboxylic acids is 1. The van der Waals surface area contributed by atoms with Crippen LogP contribution in [0.1, 0.15) is 10.4 Å². The third-order valence-corrected chi connectivity index (χ3v) is 4.36. The van der Waals surface area contributed by atoms with E-state index in [0.29, 0.717) is 28.0 Å². The molecule has 0 bridgehead atoms. The maximum Gasteiger partial charge on any atom is 0.253 e. The Labute approximate surface area is 148 Å². The lowest BCUT2D eigenvalue weighted by molar-refractivity contribution is 0.108. The summed E-state index contributed by atoms with van der Waals surface area (Å²) in [4.78, 5) is 11.9. The minimum Gasteiger partial charge on any atom is -0.456 e. The third kappa shape index (κ3) is 2.57. The summed E-state index contributed by atoms with van der Waals surface area (Å²) in [5.41, 5.74) is 9.83. The molecule has 25 heavy (non-hydrogen) atoms. The van der Waals surface area contributed by atoms with Gasteiger partial charge in [0.05, 0.1) is 5.36 Å². The summed E-state index contributed by atoms with van der Waals surface area (Å²) in [6.45, 7) is 0. The van der Waals surface area contributed by atoms with Crippen LogP contribution in [0.4, 0.5) is 5.69 Å². The topological polar surface area (TPSA) is 80.1 Å². The molecule has 0 radical (unpaired) electrons. The molecule has 122 valence electrons. The van der Waals surface area contributed by atoms with Crippen molar-refractivity contribution in [2.75, 3.05) is 5.73 Å². The van der Waals surface area contributed by atoms with E-state index in [-0.39, 0.29) is 0 Å². The molecule has 2 aromatic rings. The molecule has 5 heteroatoms. The van der Waals surface area contributed by atoms with Crippen LogP contribution in [0.3, 0.4) is 0 Å². The average molecular weight is 349 g/mol. The van der Waals surface area contributed by atoms with Gasteiger partial charge >= 0.3 is 0 Å². The maximum absolute atomic E-state index is 11.9. The number of nitrogens with two attached hydrogens (primary N) is 1. The minimum atomic E-state index is -0.523. The summed E-state index contributed by atoms with van der Waals surface area (Å²) >= 11 is 5.80. The first-order valence-electron chi connectivity index (χ1n) is 7.64. The van der Waals surface area contributed by atoms with E-state index in [2.05, 4.69) is 0 Å². The Kier molecular flexibility index (Phi) is 3.55. The molecule has 0 amide bonds. The predicted octanol–water partition coefficient (Wildman–Crippen LogP) is 4.65. The van der Waals surface area contributed by atoms with Crippen LogP contribution in [0.5, 0.6) is 0 Å². The van der Waals surface area contributed by atoms with Crippen molar-refractivity contribution in [1.82, 2.24) is 0 Å². The summed E-state index contributed by atoms with van der Waals surface area (Å²) in [6, 6.07) is 17.7. The van der Waals surface area contributed by atoms with Crippen molar-refractivity contribution in [2.45, 2.75) is 0 Å². The molecular weight excluding hydrogens is 336 g/mol. The van der Waals surface area contributed by atoms with Crippen LogP contribution in [-0.4, -0.2) is 5.24 Å². The zero-order chi connectivity index (χ0) is 17.6. The molecule has 0 unspecified atom stereocenters. The fourth-order valence-corrected chi connectivity index (χ4v) is 3.23. The van der Waals surface area contributed by atoms with Crippen molar-refractivity contribution in [3.63, 3.8) is 0 Å². The highest BCUT2D eigenvalue weighted by Gasteiger charge is 2.20. The second-order valence-electron chi connectivity index (χ2n) is 5.76. The lowest BCUT2D eigenvalue weighted by Crippen LogP contribution is -2.02. The van der Waals surface area contributed by atoms with Crippen molar-refractivity contribution in [2.24, 2.45) is 0 Å². The highest BCUT2D eigenvalue weighted by atomic mass is 35.5. The molecule has 4 nitrogen and oxygen atoms in total. The Balaban J connectivity index is 2.22. The summed E-state index contributed by atoms with van der Waals surface area (Å²) < 4.78 is 5.95. The molecule has 2 aromatic carbocycles. The van der Waals surface area contributed by atoms with Crippen molar-refractivity contribution in [1.29, 1.82) is 5.41 Å². The van der Waals surface area contributed by atoms with E-state index in [4.69, 9.17) is 27.2 Å². The van der Waals surface area contributed by atoms with Gasteiger partial charge in [0.15, 0.2) is 0 Å². The third-order valence-electron chi connectivity index (χ3n) is 4.15. The largest absolute Gasteiger partial charge is 0.456 e. The lowest BCUT2D eigenvalue weighted by Gasteiger charge is -2.17. The van der Waals surface area contributed by atoms with Crippen LogP contribution in [0, 0.1) is 5.41 Å². The molecule has 0 fully saturated rings. The Morgan fingerprint density at radius 1 is 1.00 bits per heavy atom. The number of hydrogen-bond acceptors (Lipinski definition) is 4. The van der Waals surface area contributed by atoms with Crippen molar-refractivity contribution in [3.8, 4) is 22.5 Å². The quantitative estimate of drug-likeness (QED) is 0.314. The molecule has 1 heterocycles. The van der Waals surface area contributed by atoms with E-state index < -0.39 is 5.24 Å². The number of rotatable bonds is 2. The van der Waals surface area contributed by atoms with E-state index in [1.165, 1.54) is 0 Å². The number of nitrogen functional groups attached to an aromatic ring is 1. The Bertz CT molecular complexity index is 1160. The number of benzene rings is 3. The molecule has 1 aliphatic carbocycles. The first-order valence-corrected chi connectivity index (χ1v) is 8.02. The molecule has 0 spiro atoms. The fourth-order valence-electron chi connectivity index (χ4n) is 3.07. The highest BCUT2D eigenvalue weighted by molar-refractivity contribution is 6.68. The number of carbonyl (C=O) groups is 1. The second kappa shape index (κ2) is 5.76. The first kappa shape index (κ1) is 15.4. The number of hydrogen-bond donors (Lipinski definition) is 2. The van der Waals surface area contributed by atoms with Crippen LogP contribution in [0.2, 0.25) is 0 Å². The van der Waals surface area contributed by atoms with Gasteiger partial charge < -0.3 is 15.6 Å². The van der Waals surface area contributed by atoms with Crippen molar-refractivity contribution < 1.29 is 9.21 Å². The monoisotopic (exact) mass is 348 g/mol. The summed E-state index contributed by atoms with van der Waals surface area (Å²) in [7, 11) is 0. The minimum absolute atomic E-state index is 0.340. The molecular formula is C20H13ClN2O2. The number of fused-ring (bicyclic) bond motifs is 2. The Hall–Kier alpha value is -3.11. The van der Waals surface area contributed by atoms with E-state index >= 15 is 0 Å². The molecule has 1 aliphatic heterocycles. The molecule has 2 aliphatic rings. The molecule has 4 rings (SSSR count). The zero-order valence-electron chi connectivity index (χ0n) is 13.0. The summed E-state index contributed by atoms with van der Waals surface area (Å²) in [5.74, 6) is 0.553. The average Bonchev–Trinajstić information content (AvgIpc) is 2.59. The smallest absolute Gasteiger partial charge is 0.253 e. The van der Waals surface area contributed by atoms with Gasteiger partial charge in [-0.1, -0.05) is 18.2 Å². The fraction of sp³-hybridized carbons (Fsp3) is 0. The van der Waals surface area contributed by atoms with E-state index in [9.17, 15) is 4.79 Å². The summed E-state index contributed by atoms with van der Waals surface area (Å²) in [5, 5.41) is 8.49. The number of halogens is 1. The first-order chi connectivity index (χ1) is 12.0. The van der Waals surface area contributed by atoms with E-state index in [1.807, 2.05) is 24.3 Å². The van der Waals surface area contributed by atoms with E-state index in [1.54, 1.807) is 36.4 Å². The molecule has 3 N–H and O–H groups in total.